The number of hydrogen-bond acceptors (Lipinski definition) is 6. The molecule has 0 saturated carbocycles. The van der Waals surface area contributed by atoms with Crippen LogP contribution in [0.3, 0.4) is 0 Å². The number of benzene rings is 2. The van der Waals surface area contributed by atoms with Crippen molar-refractivity contribution < 1.29 is 42.1 Å². The van der Waals surface area contributed by atoms with Crippen LogP contribution in [0.4, 0.5) is 23.7 Å². The topological polar surface area (TPSA) is 134 Å². The molecule has 0 bridgehead atoms. The molecule has 0 aliphatic heterocycles. The number of halogens is 3. The molecular weight excluding hydrogens is 485 g/mol. The molecule has 13 heteroatoms. The number of carboxylic acid groups (broad SMARTS) is 1. The zero-order valence-electron chi connectivity index (χ0n) is 19.4. The number of carboxylic acids is 1. The molecule has 10 nitrogen and oxygen atoms in total. The van der Waals surface area contributed by atoms with Gasteiger partial charge in [0.05, 0.1) is 24.6 Å². The molecular formula is C23H23F3N4O6. The summed E-state index contributed by atoms with van der Waals surface area (Å²) in [5, 5.41) is 16.4. The van der Waals surface area contributed by atoms with Crippen molar-refractivity contribution >= 4 is 23.7 Å². The molecule has 0 aliphatic rings. The van der Waals surface area contributed by atoms with Crippen LogP contribution in [0.25, 0.3) is 11.1 Å². The first-order valence-electron chi connectivity index (χ1n) is 10.1. The number of alkyl halides is 3. The summed E-state index contributed by atoms with van der Waals surface area (Å²) in [6.07, 6.45) is -2.35. The standard InChI is InChI=1S/C21H22N4O4.C2HF3O2/c1-25(2)20(26)18-10-15(16-11-22-23-12-16)7-8-19(18)24-21(27)29-13-14-5-4-6-17(9-14)28-3;3-2(4,5)1(6)7/h4-12H,13H2,1-3H3,(H,22,23)(H,24,27);(H,6,7). The van der Waals surface area contributed by atoms with Crippen molar-refractivity contribution in [1.29, 1.82) is 0 Å². The number of ether oxygens (including phenoxy) is 2. The second kappa shape index (κ2) is 12.2. The maximum absolute atomic E-state index is 12.6. The Morgan fingerprint density at radius 1 is 1.11 bits per heavy atom. The lowest BCUT2D eigenvalue weighted by atomic mass is 10.0. The van der Waals surface area contributed by atoms with Crippen LogP contribution in [-0.4, -0.2) is 65.6 Å². The fourth-order valence-corrected chi connectivity index (χ4v) is 2.72. The normalized spacial score (nSPS) is 10.5. The third-order valence-corrected chi connectivity index (χ3v) is 4.47. The van der Waals surface area contributed by atoms with Crippen molar-refractivity contribution in [2.45, 2.75) is 12.8 Å². The second-order valence-corrected chi connectivity index (χ2v) is 7.30. The minimum absolute atomic E-state index is 0.0765. The van der Waals surface area contributed by atoms with Crippen LogP contribution in [0.1, 0.15) is 15.9 Å². The van der Waals surface area contributed by atoms with Gasteiger partial charge >= 0.3 is 18.2 Å². The maximum Gasteiger partial charge on any atom is 0.490 e. The molecule has 0 atom stereocenters. The van der Waals surface area contributed by atoms with Crippen LogP contribution in [0, 0.1) is 0 Å². The number of anilines is 1. The third kappa shape index (κ3) is 8.04. The Balaban J connectivity index is 0.000000572. The predicted octanol–water partition coefficient (Wildman–Crippen LogP) is 4.17. The Labute approximate surface area is 203 Å². The number of rotatable bonds is 6. The first-order valence-corrected chi connectivity index (χ1v) is 10.1. The minimum Gasteiger partial charge on any atom is -0.497 e. The van der Waals surface area contributed by atoms with Gasteiger partial charge in [0.2, 0.25) is 0 Å². The van der Waals surface area contributed by atoms with E-state index in [1.54, 1.807) is 57.9 Å². The molecule has 0 fully saturated rings. The van der Waals surface area contributed by atoms with Crippen LogP contribution < -0.4 is 10.1 Å². The minimum atomic E-state index is -5.08. The Bertz CT molecular complexity index is 1200. The van der Waals surface area contributed by atoms with Crippen LogP contribution in [0.2, 0.25) is 0 Å². The van der Waals surface area contributed by atoms with Crippen molar-refractivity contribution in [2.24, 2.45) is 0 Å². The number of nitrogens with one attached hydrogen (secondary N) is 2. The summed E-state index contributed by atoms with van der Waals surface area (Å²) in [4.78, 5) is 35.3. The van der Waals surface area contributed by atoms with E-state index in [2.05, 4.69) is 15.5 Å². The van der Waals surface area contributed by atoms with Gasteiger partial charge in [0.15, 0.2) is 0 Å². The van der Waals surface area contributed by atoms with Gasteiger partial charge in [-0.1, -0.05) is 18.2 Å². The molecule has 3 rings (SSSR count). The monoisotopic (exact) mass is 508 g/mol. The fraction of sp³-hybridized carbons (Fsp3) is 0.217. The summed E-state index contributed by atoms with van der Waals surface area (Å²) in [5.74, 6) is -2.31. The third-order valence-electron chi connectivity index (χ3n) is 4.47. The van der Waals surface area contributed by atoms with Crippen molar-refractivity contribution in [2.75, 3.05) is 26.5 Å². The van der Waals surface area contributed by atoms with Crippen molar-refractivity contribution in [3.05, 3.63) is 66.0 Å². The van der Waals surface area contributed by atoms with Crippen molar-refractivity contribution in [1.82, 2.24) is 15.1 Å². The zero-order valence-corrected chi connectivity index (χ0v) is 19.4. The zero-order chi connectivity index (χ0) is 26.9. The summed E-state index contributed by atoms with van der Waals surface area (Å²) in [6, 6.07) is 12.4. The van der Waals surface area contributed by atoms with Crippen LogP contribution in [0.5, 0.6) is 5.75 Å². The van der Waals surface area contributed by atoms with E-state index in [4.69, 9.17) is 19.4 Å². The molecule has 2 amide bonds. The maximum atomic E-state index is 12.6. The average Bonchev–Trinajstić information content (AvgIpc) is 3.37. The van der Waals surface area contributed by atoms with Gasteiger partial charge in [-0.2, -0.15) is 18.3 Å². The molecule has 0 unspecified atom stereocenters. The van der Waals surface area contributed by atoms with Crippen LogP contribution in [0.15, 0.2) is 54.9 Å². The lowest BCUT2D eigenvalue weighted by molar-refractivity contribution is -0.192. The molecule has 3 N–H and O–H groups in total. The highest BCUT2D eigenvalue weighted by molar-refractivity contribution is 6.03. The largest absolute Gasteiger partial charge is 0.497 e. The van der Waals surface area contributed by atoms with Gasteiger partial charge in [-0.05, 0) is 35.4 Å². The number of amides is 2. The van der Waals surface area contributed by atoms with Crippen molar-refractivity contribution in [3.8, 4) is 16.9 Å². The van der Waals surface area contributed by atoms with E-state index in [1.165, 1.54) is 4.90 Å². The van der Waals surface area contributed by atoms with Crippen LogP contribution in [-0.2, 0) is 16.1 Å². The van der Waals surface area contributed by atoms with E-state index in [9.17, 15) is 22.8 Å². The molecule has 0 aliphatic carbocycles. The Morgan fingerprint density at radius 2 is 1.81 bits per heavy atom. The average molecular weight is 508 g/mol. The highest BCUT2D eigenvalue weighted by Gasteiger charge is 2.38. The van der Waals surface area contributed by atoms with E-state index in [0.29, 0.717) is 17.0 Å². The number of nitrogens with zero attached hydrogens (tertiary/aromatic N) is 2. The summed E-state index contributed by atoms with van der Waals surface area (Å²) in [6.45, 7) is 0.0765. The van der Waals surface area contributed by atoms with Gasteiger partial charge < -0.3 is 19.5 Å². The van der Waals surface area contributed by atoms with E-state index in [1.807, 2.05) is 18.2 Å². The number of hydrogen-bond donors (Lipinski definition) is 3. The second-order valence-electron chi connectivity index (χ2n) is 7.30. The number of carbonyl (C=O) groups excluding carboxylic acids is 2. The lowest BCUT2D eigenvalue weighted by Crippen LogP contribution is -2.24. The highest BCUT2D eigenvalue weighted by atomic mass is 19.4. The number of methoxy groups -OCH3 is 1. The van der Waals surface area contributed by atoms with Gasteiger partial charge in [0.1, 0.15) is 12.4 Å². The molecule has 2 aromatic carbocycles. The van der Waals surface area contributed by atoms with E-state index < -0.39 is 18.2 Å². The Kier molecular flexibility index (Phi) is 9.42. The molecule has 192 valence electrons. The van der Waals surface area contributed by atoms with Crippen LogP contribution >= 0.6 is 0 Å². The van der Waals surface area contributed by atoms with Gasteiger partial charge in [0.25, 0.3) is 5.91 Å². The summed E-state index contributed by atoms with van der Waals surface area (Å²) < 4.78 is 42.2. The summed E-state index contributed by atoms with van der Waals surface area (Å²) >= 11 is 0. The molecule has 36 heavy (non-hydrogen) atoms. The highest BCUT2D eigenvalue weighted by Crippen LogP contribution is 2.26. The Hall–Kier alpha value is -4.55. The van der Waals surface area contributed by atoms with E-state index in [0.717, 1.165) is 16.7 Å². The number of aromatic amines is 1. The van der Waals surface area contributed by atoms with E-state index >= 15 is 0 Å². The number of aromatic nitrogens is 2. The van der Waals surface area contributed by atoms with Crippen molar-refractivity contribution in [3.63, 3.8) is 0 Å². The van der Waals surface area contributed by atoms with E-state index in [-0.39, 0.29) is 12.5 Å². The number of H-pyrrole nitrogens is 1. The first-order chi connectivity index (χ1) is 16.9. The smallest absolute Gasteiger partial charge is 0.490 e. The SMILES string of the molecule is COc1cccc(COC(=O)Nc2ccc(-c3cn[nH]c3)cc2C(=O)N(C)C)c1.O=C(O)C(F)(F)F. The number of carbonyl (C=O) groups is 3. The molecule has 0 spiro atoms. The van der Waals surface area contributed by atoms with Gasteiger partial charge in [-0.15, -0.1) is 0 Å². The quantitative estimate of drug-likeness (QED) is 0.455. The molecule has 1 aromatic heterocycles. The number of aliphatic carboxylic acids is 1. The molecule has 3 aromatic rings. The molecule has 1 heterocycles. The summed E-state index contributed by atoms with van der Waals surface area (Å²) in [5.41, 5.74) is 3.15. The van der Waals surface area contributed by atoms with Gasteiger partial charge in [0, 0.05) is 25.9 Å². The summed E-state index contributed by atoms with van der Waals surface area (Å²) in [7, 11) is 4.87. The van der Waals surface area contributed by atoms with Gasteiger partial charge in [-0.3, -0.25) is 15.2 Å². The fourth-order valence-electron chi connectivity index (χ4n) is 2.72. The predicted molar refractivity (Wildman–Crippen MR) is 123 cm³/mol. The molecule has 0 radical (unpaired) electrons. The van der Waals surface area contributed by atoms with Gasteiger partial charge in [-0.25, -0.2) is 9.59 Å². The Morgan fingerprint density at radius 3 is 2.36 bits per heavy atom. The molecule has 0 saturated heterocycles. The lowest BCUT2D eigenvalue weighted by Gasteiger charge is -2.16. The first kappa shape index (κ1) is 27.7.